The van der Waals surface area contributed by atoms with E-state index in [2.05, 4.69) is 5.32 Å². The van der Waals surface area contributed by atoms with E-state index in [1.165, 1.54) is 0 Å². The maximum atomic E-state index is 12.4. The van der Waals surface area contributed by atoms with E-state index in [0.717, 1.165) is 16.3 Å². The lowest BCUT2D eigenvalue weighted by Crippen LogP contribution is -2.15. The molecule has 2 heterocycles. The van der Waals surface area contributed by atoms with Crippen LogP contribution in [-0.4, -0.2) is 35.3 Å². The molecular formula is C16H22N2O3S. The number of fused-ring (bicyclic) bond motifs is 1. The van der Waals surface area contributed by atoms with Crippen molar-refractivity contribution in [3.05, 3.63) is 23.4 Å². The van der Waals surface area contributed by atoms with Crippen molar-refractivity contribution in [3.8, 4) is 0 Å². The topological polar surface area (TPSA) is 60.3 Å². The zero-order valence-electron chi connectivity index (χ0n) is 13.6. The summed E-state index contributed by atoms with van der Waals surface area (Å²) in [5, 5.41) is 3.45. The number of likely N-dealkylation sites (N-methyl/N-ethyl adjacent to an activating group) is 1. The zero-order valence-corrected chi connectivity index (χ0v) is 14.4. The van der Waals surface area contributed by atoms with Crippen LogP contribution in [0.2, 0.25) is 0 Å². The van der Waals surface area contributed by atoms with Gasteiger partial charge in [0.05, 0.1) is 16.7 Å². The highest BCUT2D eigenvalue weighted by atomic mass is 32.2. The Bertz CT molecular complexity index is 630. The predicted octanol–water partition coefficient (Wildman–Crippen LogP) is 2.87. The molecule has 1 aromatic heterocycles. The van der Waals surface area contributed by atoms with Crippen LogP contribution in [0.25, 0.3) is 5.70 Å². The fraction of sp³-hybridized carbons (Fsp3) is 0.500. The van der Waals surface area contributed by atoms with Crippen LogP contribution >= 0.6 is 11.8 Å². The zero-order chi connectivity index (χ0) is 16.4. The number of thioether (sulfide) groups is 1. The molecule has 0 atom stereocenters. The van der Waals surface area contributed by atoms with Crippen LogP contribution in [0.15, 0.2) is 17.3 Å². The summed E-state index contributed by atoms with van der Waals surface area (Å²) in [5.74, 6) is 0.439. The molecule has 1 amide bonds. The molecule has 6 heteroatoms. The molecule has 120 valence electrons. The monoisotopic (exact) mass is 322 g/mol. The standard InChI is InChI=1S/C16H22N2O3S/c1-9(2)12-7-18-11(6-13(19)17-5)8-22-15(18)14(12)16(20)21-10(3)4/h6-7,9-10H,8H2,1-5H3,(H,17,19)/b11-6+. The molecule has 0 radical (unpaired) electrons. The summed E-state index contributed by atoms with van der Waals surface area (Å²) in [4.78, 5) is 24.0. The molecule has 2 rings (SSSR count). The summed E-state index contributed by atoms with van der Waals surface area (Å²) >= 11 is 1.56. The van der Waals surface area contributed by atoms with Crippen molar-refractivity contribution in [3.63, 3.8) is 0 Å². The van der Waals surface area contributed by atoms with Crippen LogP contribution in [0.3, 0.4) is 0 Å². The normalized spacial score (nSPS) is 15.5. The third-order valence-electron chi connectivity index (χ3n) is 3.37. The lowest BCUT2D eigenvalue weighted by molar-refractivity contribution is -0.116. The van der Waals surface area contributed by atoms with Crippen molar-refractivity contribution in [1.29, 1.82) is 0 Å². The van der Waals surface area contributed by atoms with Crippen molar-refractivity contribution in [1.82, 2.24) is 9.88 Å². The Balaban J connectivity index is 2.48. The molecule has 1 aliphatic heterocycles. The molecule has 22 heavy (non-hydrogen) atoms. The molecule has 0 bridgehead atoms. The number of hydrogen-bond donors (Lipinski definition) is 1. The second-order valence-corrected chi connectivity index (χ2v) is 6.75. The minimum atomic E-state index is -0.291. The van der Waals surface area contributed by atoms with Gasteiger partial charge in [0.15, 0.2) is 0 Å². The Morgan fingerprint density at radius 1 is 1.36 bits per heavy atom. The van der Waals surface area contributed by atoms with Crippen LogP contribution < -0.4 is 5.32 Å². The maximum absolute atomic E-state index is 12.4. The van der Waals surface area contributed by atoms with Gasteiger partial charge in [-0.1, -0.05) is 13.8 Å². The van der Waals surface area contributed by atoms with E-state index < -0.39 is 0 Å². The molecule has 0 spiro atoms. The summed E-state index contributed by atoms with van der Waals surface area (Å²) in [7, 11) is 1.60. The van der Waals surface area contributed by atoms with Gasteiger partial charge in [0.25, 0.3) is 0 Å². The molecule has 5 nitrogen and oxygen atoms in total. The Hall–Kier alpha value is -1.69. The van der Waals surface area contributed by atoms with Gasteiger partial charge < -0.3 is 14.6 Å². The SMILES string of the molecule is CNC(=O)/C=C1\CSc2c(C(=O)OC(C)C)c(C(C)C)cn21. The number of carbonyl (C=O) groups excluding carboxylic acids is 2. The average Bonchev–Trinajstić information content (AvgIpc) is 2.97. The minimum Gasteiger partial charge on any atom is -0.459 e. The van der Waals surface area contributed by atoms with Gasteiger partial charge in [-0.3, -0.25) is 4.79 Å². The highest BCUT2D eigenvalue weighted by Crippen LogP contribution is 2.40. The molecule has 1 N–H and O–H groups in total. The summed E-state index contributed by atoms with van der Waals surface area (Å²) in [6.07, 6.45) is 3.37. The molecule has 0 saturated heterocycles. The van der Waals surface area contributed by atoms with E-state index in [4.69, 9.17) is 4.74 Å². The number of nitrogens with one attached hydrogen (secondary N) is 1. The van der Waals surface area contributed by atoms with E-state index in [1.807, 2.05) is 38.5 Å². The smallest absolute Gasteiger partial charge is 0.341 e. The van der Waals surface area contributed by atoms with Crippen molar-refractivity contribution in [2.75, 3.05) is 12.8 Å². The Morgan fingerprint density at radius 2 is 2.05 bits per heavy atom. The Labute approximate surface area is 135 Å². The van der Waals surface area contributed by atoms with Crippen molar-refractivity contribution < 1.29 is 14.3 Å². The average molecular weight is 322 g/mol. The number of carbonyl (C=O) groups is 2. The van der Waals surface area contributed by atoms with E-state index in [-0.39, 0.29) is 23.9 Å². The fourth-order valence-electron chi connectivity index (χ4n) is 2.32. The highest BCUT2D eigenvalue weighted by molar-refractivity contribution is 8.00. The Kier molecular flexibility index (Phi) is 5.01. The van der Waals surface area contributed by atoms with Gasteiger partial charge in [-0.25, -0.2) is 4.79 Å². The van der Waals surface area contributed by atoms with E-state index in [1.54, 1.807) is 24.9 Å². The number of aromatic nitrogens is 1. The van der Waals surface area contributed by atoms with Crippen LogP contribution in [0.5, 0.6) is 0 Å². The quantitative estimate of drug-likeness (QED) is 0.684. The summed E-state index contributed by atoms with van der Waals surface area (Å²) < 4.78 is 7.32. The molecule has 0 unspecified atom stereocenters. The van der Waals surface area contributed by atoms with Crippen LogP contribution in [0.1, 0.15) is 49.5 Å². The predicted molar refractivity (Wildman–Crippen MR) is 88.1 cm³/mol. The van der Waals surface area contributed by atoms with Crippen molar-refractivity contribution in [2.24, 2.45) is 0 Å². The number of nitrogens with zero attached hydrogens (tertiary/aromatic N) is 1. The number of ether oxygens (including phenoxy) is 1. The molecule has 0 fully saturated rings. The van der Waals surface area contributed by atoms with Gasteiger partial charge in [-0.2, -0.15) is 0 Å². The Morgan fingerprint density at radius 3 is 2.59 bits per heavy atom. The lowest BCUT2D eigenvalue weighted by atomic mass is 10.0. The number of esters is 1. The fourth-order valence-corrected chi connectivity index (χ4v) is 3.49. The van der Waals surface area contributed by atoms with Crippen molar-refractivity contribution in [2.45, 2.75) is 44.7 Å². The van der Waals surface area contributed by atoms with Gasteiger partial charge in [0.2, 0.25) is 5.91 Å². The van der Waals surface area contributed by atoms with Gasteiger partial charge in [0.1, 0.15) is 0 Å². The lowest BCUT2D eigenvalue weighted by Gasteiger charge is -2.11. The summed E-state index contributed by atoms with van der Waals surface area (Å²) in [5.41, 5.74) is 2.47. The van der Waals surface area contributed by atoms with Gasteiger partial charge in [-0.15, -0.1) is 11.8 Å². The van der Waals surface area contributed by atoms with Crippen LogP contribution in [0.4, 0.5) is 0 Å². The first kappa shape index (κ1) is 16.7. The van der Waals surface area contributed by atoms with Gasteiger partial charge in [-0.05, 0) is 25.3 Å². The van der Waals surface area contributed by atoms with Crippen molar-refractivity contribution >= 4 is 29.3 Å². The molecule has 0 saturated carbocycles. The molecule has 0 aromatic carbocycles. The van der Waals surface area contributed by atoms with Gasteiger partial charge >= 0.3 is 5.97 Å². The molecule has 1 aromatic rings. The highest BCUT2D eigenvalue weighted by Gasteiger charge is 2.30. The third kappa shape index (κ3) is 3.21. The number of amides is 1. The largest absolute Gasteiger partial charge is 0.459 e. The van der Waals surface area contributed by atoms with E-state index in [0.29, 0.717) is 11.3 Å². The van der Waals surface area contributed by atoms with E-state index >= 15 is 0 Å². The first-order valence-electron chi connectivity index (χ1n) is 7.36. The minimum absolute atomic E-state index is 0.144. The maximum Gasteiger partial charge on any atom is 0.341 e. The van der Waals surface area contributed by atoms with Gasteiger partial charge in [0, 0.05) is 30.8 Å². The molecule has 0 aliphatic carbocycles. The summed E-state index contributed by atoms with van der Waals surface area (Å²) in [6.45, 7) is 7.77. The first-order chi connectivity index (χ1) is 10.3. The third-order valence-corrected chi connectivity index (χ3v) is 4.48. The molecule has 1 aliphatic rings. The first-order valence-corrected chi connectivity index (χ1v) is 8.35. The number of rotatable bonds is 4. The summed E-state index contributed by atoms with van der Waals surface area (Å²) in [6, 6.07) is 0. The number of hydrogen-bond acceptors (Lipinski definition) is 4. The molecular weight excluding hydrogens is 300 g/mol. The van der Waals surface area contributed by atoms with Crippen LogP contribution in [-0.2, 0) is 9.53 Å². The van der Waals surface area contributed by atoms with E-state index in [9.17, 15) is 9.59 Å². The van der Waals surface area contributed by atoms with Crippen LogP contribution in [0, 0.1) is 0 Å². The second-order valence-electron chi connectivity index (χ2n) is 5.78. The second kappa shape index (κ2) is 6.60.